The molecule has 3 aliphatic heterocycles. The number of benzene rings is 3. The van der Waals surface area contributed by atoms with Crippen LogP contribution in [-0.4, -0.2) is 24.1 Å². The fourth-order valence-electron chi connectivity index (χ4n) is 5.96. The number of nitrogens with one attached hydrogen (secondary N) is 1. The first-order valence-electron chi connectivity index (χ1n) is 13.1. The van der Waals surface area contributed by atoms with E-state index in [0.717, 1.165) is 50.7 Å². The summed E-state index contributed by atoms with van der Waals surface area (Å²) < 4.78 is 39.7. The lowest BCUT2D eigenvalue weighted by molar-refractivity contribution is 0.0857. The van der Waals surface area contributed by atoms with Crippen molar-refractivity contribution in [3.63, 3.8) is 0 Å². The summed E-state index contributed by atoms with van der Waals surface area (Å²) in [5.74, 6) is -1.02. The quantitative estimate of drug-likeness (QED) is 0.337. The van der Waals surface area contributed by atoms with Gasteiger partial charge in [0, 0.05) is 35.0 Å². The van der Waals surface area contributed by atoms with Crippen molar-refractivity contribution in [3.05, 3.63) is 123 Å². The number of fused-ring (bicyclic) bond motifs is 8. The van der Waals surface area contributed by atoms with Crippen LogP contribution >= 0.6 is 0 Å². The van der Waals surface area contributed by atoms with Gasteiger partial charge in [-0.3, -0.25) is 4.79 Å². The van der Waals surface area contributed by atoms with Crippen LogP contribution < -0.4 is 11.1 Å². The van der Waals surface area contributed by atoms with Gasteiger partial charge in [0.05, 0.1) is 13.2 Å². The number of nitrogens with zero attached hydrogens (tertiary/aromatic N) is 1. The summed E-state index contributed by atoms with van der Waals surface area (Å²) in [6.45, 7) is 3.21. The molecule has 200 valence electrons. The second kappa shape index (κ2) is 9.36. The van der Waals surface area contributed by atoms with Gasteiger partial charge in [0.25, 0.3) is 5.91 Å². The zero-order valence-corrected chi connectivity index (χ0v) is 21.6. The number of carbonyl (C=O) groups is 1. The van der Waals surface area contributed by atoms with Crippen molar-refractivity contribution in [1.29, 1.82) is 0 Å². The largest absolute Gasteiger partial charge is 0.384 e. The minimum atomic E-state index is -0.617. The number of nitrogens with two attached hydrogens (primary N) is 1. The number of aryl methyl sites for hydroxylation is 1. The highest BCUT2D eigenvalue weighted by Crippen LogP contribution is 2.54. The molecule has 0 spiro atoms. The summed E-state index contributed by atoms with van der Waals surface area (Å²) in [6, 6.07) is 16.7. The summed E-state index contributed by atoms with van der Waals surface area (Å²) in [5.41, 5.74) is 15.0. The lowest BCUT2D eigenvalue weighted by Gasteiger charge is -2.18. The van der Waals surface area contributed by atoms with Gasteiger partial charge >= 0.3 is 0 Å². The van der Waals surface area contributed by atoms with Gasteiger partial charge in [0.2, 0.25) is 0 Å². The maximum Gasteiger partial charge on any atom is 0.251 e. The second-order valence-electron chi connectivity index (χ2n) is 10.3. The second-order valence-corrected chi connectivity index (χ2v) is 10.3. The number of halogens is 2. The molecule has 1 amide bonds. The molecule has 40 heavy (non-hydrogen) atoms. The van der Waals surface area contributed by atoms with Crippen LogP contribution in [0.3, 0.4) is 0 Å². The van der Waals surface area contributed by atoms with Crippen molar-refractivity contribution >= 4 is 17.3 Å². The van der Waals surface area contributed by atoms with Gasteiger partial charge in [-0.05, 0) is 82.3 Å². The molecule has 0 aliphatic carbocycles. The highest BCUT2D eigenvalue weighted by atomic mass is 19.1. The Morgan fingerprint density at radius 1 is 0.975 bits per heavy atom. The number of hydrogen-bond acceptors (Lipinski definition) is 5. The topological polar surface area (TPSA) is 86.5 Å². The third kappa shape index (κ3) is 3.99. The van der Waals surface area contributed by atoms with Crippen molar-refractivity contribution in [1.82, 2.24) is 10.3 Å². The summed E-state index contributed by atoms with van der Waals surface area (Å²) >= 11 is 0. The van der Waals surface area contributed by atoms with Crippen molar-refractivity contribution in [2.24, 2.45) is 0 Å². The van der Waals surface area contributed by atoms with E-state index in [4.69, 9.17) is 15.2 Å². The molecular weight excluding hydrogens is 512 g/mol. The molecule has 4 heterocycles. The van der Waals surface area contributed by atoms with Gasteiger partial charge in [-0.15, -0.1) is 0 Å². The minimum Gasteiger partial charge on any atom is -0.384 e. The third-order valence-electron chi connectivity index (χ3n) is 7.91. The van der Waals surface area contributed by atoms with E-state index < -0.39 is 11.6 Å². The molecule has 0 saturated carbocycles. The maximum absolute atomic E-state index is 14.5. The van der Waals surface area contributed by atoms with E-state index in [1.807, 2.05) is 55.5 Å². The zero-order chi connectivity index (χ0) is 27.5. The van der Waals surface area contributed by atoms with E-state index >= 15 is 0 Å². The van der Waals surface area contributed by atoms with E-state index in [9.17, 15) is 13.6 Å². The molecule has 0 unspecified atom stereocenters. The lowest BCUT2D eigenvalue weighted by atomic mass is 9.83. The Hall–Kier alpha value is -4.40. The molecule has 3 aromatic carbocycles. The average Bonchev–Trinajstić information content (AvgIpc) is 3.68. The van der Waals surface area contributed by atoms with Gasteiger partial charge in [-0.25, -0.2) is 13.8 Å². The molecule has 2 bridgehead atoms. The van der Waals surface area contributed by atoms with E-state index in [-0.39, 0.29) is 18.1 Å². The molecule has 0 saturated heterocycles. The number of anilines is 1. The maximum atomic E-state index is 14.5. The van der Waals surface area contributed by atoms with Crippen LogP contribution in [0.15, 0.2) is 66.7 Å². The first-order valence-corrected chi connectivity index (χ1v) is 13.1. The highest BCUT2D eigenvalue weighted by Gasteiger charge is 2.43. The van der Waals surface area contributed by atoms with Crippen molar-refractivity contribution in [2.75, 3.05) is 18.9 Å². The molecule has 2 atom stereocenters. The Morgan fingerprint density at radius 2 is 1.75 bits per heavy atom. The number of amides is 1. The first kappa shape index (κ1) is 24.6. The molecule has 8 heteroatoms. The van der Waals surface area contributed by atoms with Crippen molar-refractivity contribution in [2.45, 2.75) is 25.7 Å². The predicted molar refractivity (Wildman–Crippen MR) is 146 cm³/mol. The SMILES string of the molecule is Cc1nc(N)cc(C2=CCOC2)c1CNC(=O)c1ccc2c(c1)[C@@H]1O[C@H]2c2ccc(-c3ccc(F)cc3F)cc21. The zero-order valence-electron chi connectivity index (χ0n) is 21.6. The molecule has 3 aliphatic rings. The van der Waals surface area contributed by atoms with Crippen molar-refractivity contribution in [3.8, 4) is 11.1 Å². The van der Waals surface area contributed by atoms with E-state index in [0.29, 0.717) is 42.3 Å². The highest BCUT2D eigenvalue weighted by molar-refractivity contribution is 5.94. The summed E-state index contributed by atoms with van der Waals surface area (Å²) in [4.78, 5) is 17.7. The van der Waals surface area contributed by atoms with Gasteiger partial charge in [0.15, 0.2) is 0 Å². The van der Waals surface area contributed by atoms with Crippen LogP contribution in [0.4, 0.5) is 14.6 Å². The number of hydrogen-bond donors (Lipinski definition) is 2. The Morgan fingerprint density at radius 3 is 2.52 bits per heavy atom. The number of ether oxygens (including phenoxy) is 2. The van der Waals surface area contributed by atoms with Crippen LogP contribution in [0.1, 0.15) is 61.6 Å². The standard InChI is InChI=1S/C32H25F2N3O3/c1-16-27(24(13-29(35)37-16)19-8-9-39-15-19)14-36-32(38)18-3-6-23-26(11-18)31-25-10-17(2-5-22(25)30(23)40-31)21-7-4-20(33)12-28(21)34/h2-8,10-13,30-31H,9,14-15H2,1H3,(H2,35,37)(H,36,38)/t30-,31+/m0/s1. The van der Waals surface area contributed by atoms with E-state index in [1.54, 1.807) is 0 Å². The number of carbonyl (C=O) groups excluding carboxylic acids is 1. The molecule has 3 N–H and O–H groups in total. The molecule has 6 nitrogen and oxygen atoms in total. The summed E-state index contributed by atoms with van der Waals surface area (Å²) in [6.07, 6.45) is 1.41. The van der Waals surface area contributed by atoms with Crippen molar-refractivity contribution < 1.29 is 23.0 Å². The summed E-state index contributed by atoms with van der Waals surface area (Å²) in [7, 11) is 0. The van der Waals surface area contributed by atoms with Crippen LogP contribution in [-0.2, 0) is 16.0 Å². The first-order chi connectivity index (χ1) is 19.4. The molecule has 0 fully saturated rings. The molecule has 4 aromatic rings. The van der Waals surface area contributed by atoms with E-state index in [1.165, 1.54) is 12.1 Å². The van der Waals surface area contributed by atoms with Gasteiger partial charge in [0.1, 0.15) is 29.7 Å². The Kier molecular flexibility index (Phi) is 5.76. The lowest BCUT2D eigenvalue weighted by Crippen LogP contribution is -2.24. The normalized spacial score (nSPS) is 18.4. The Balaban J connectivity index is 1.15. The summed E-state index contributed by atoms with van der Waals surface area (Å²) in [5, 5.41) is 3.03. The van der Waals surface area contributed by atoms with Crippen LogP contribution in [0.2, 0.25) is 0 Å². The average molecular weight is 538 g/mol. The van der Waals surface area contributed by atoms with E-state index in [2.05, 4.69) is 10.3 Å². The number of pyridine rings is 1. The number of rotatable bonds is 5. The van der Waals surface area contributed by atoms with Gasteiger partial charge in [-0.2, -0.15) is 0 Å². The molecular formula is C32H25F2N3O3. The monoisotopic (exact) mass is 537 g/mol. The number of nitrogen functional groups attached to an aromatic ring is 1. The van der Waals surface area contributed by atoms with Crippen LogP contribution in [0, 0.1) is 18.6 Å². The van der Waals surface area contributed by atoms with Gasteiger partial charge in [-0.1, -0.05) is 24.3 Å². The molecule has 0 radical (unpaired) electrons. The van der Waals surface area contributed by atoms with Crippen LogP contribution in [0.25, 0.3) is 16.7 Å². The minimum absolute atomic E-state index is 0.216. The Bertz CT molecular complexity index is 1750. The Labute approximate surface area is 229 Å². The fraction of sp³-hybridized carbons (Fsp3) is 0.188. The van der Waals surface area contributed by atoms with Crippen LogP contribution in [0.5, 0.6) is 0 Å². The van der Waals surface area contributed by atoms with Gasteiger partial charge < -0.3 is 20.5 Å². The predicted octanol–water partition coefficient (Wildman–Crippen LogP) is 5.78. The number of aromatic nitrogens is 1. The third-order valence-corrected chi connectivity index (χ3v) is 7.91. The smallest absolute Gasteiger partial charge is 0.251 e. The molecule has 1 aromatic heterocycles. The molecule has 7 rings (SSSR count). The fourth-order valence-corrected chi connectivity index (χ4v) is 5.96.